The maximum Gasteiger partial charge on any atom is 0.330 e. The first-order chi connectivity index (χ1) is 7.63. The summed E-state index contributed by atoms with van der Waals surface area (Å²) in [6.45, 7) is 2.09. The molecule has 0 bridgehead atoms. The summed E-state index contributed by atoms with van der Waals surface area (Å²) in [5.41, 5.74) is 6.34. The van der Waals surface area contributed by atoms with Crippen molar-refractivity contribution >= 4 is 18.0 Å². The quantitative estimate of drug-likeness (QED) is 0.614. The summed E-state index contributed by atoms with van der Waals surface area (Å²) in [4.78, 5) is 21.8. The number of nitrogens with two attached hydrogens (primary N) is 1. The Hall–Kier alpha value is -2.10. The minimum atomic E-state index is -0.471. The molecule has 1 amide bonds. The summed E-state index contributed by atoms with van der Waals surface area (Å²) < 4.78 is 4.73. The minimum Gasteiger partial charge on any atom is -0.463 e. The highest BCUT2D eigenvalue weighted by atomic mass is 16.5. The predicted octanol–water partition coefficient (Wildman–Crippen LogP) is 1.36. The van der Waals surface area contributed by atoms with E-state index in [1.165, 1.54) is 6.08 Å². The normalized spacial score (nSPS) is 10.3. The molecular formula is C12H13NO3. The van der Waals surface area contributed by atoms with Crippen molar-refractivity contribution in [1.29, 1.82) is 0 Å². The predicted molar refractivity (Wildman–Crippen MR) is 60.6 cm³/mol. The summed E-state index contributed by atoms with van der Waals surface area (Å²) in [7, 11) is 0. The monoisotopic (exact) mass is 219 g/mol. The number of benzene rings is 1. The standard InChI is InChI=1S/C12H13NO3/c1-2-16-11(14)8-5-9-3-6-10(7-4-9)12(13)15/h3-8H,2H2,1H3,(H2,13,15). The van der Waals surface area contributed by atoms with Gasteiger partial charge in [0.05, 0.1) is 6.61 Å². The summed E-state index contributed by atoms with van der Waals surface area (Å²) in [6.07, 6.45) is 2.95. The van der Waals surface area contributed by atoms with Crippen LogP contribution in [0.15, 0.2) is 30.3 Å². The fraction of sp³-hybridized carbons (Fsp3) is 0.167. The molecule has 4 heteroatoms. The zero-order valence-corrected chi connectivity index (χ0v) is 8.97. The second kappa shape index (κ2) is 5.70. The van der Waals surface area contributed by atoms with E-state index in [1.54, 1.807) is 37.3 Å². The fourth-order valence-corrected chi connectivity index (χ4v) is 1.11. The van der Waals surface area contributed by atoms with Crippen LogP contribution in [-0.4, -0.2) is 18.5 Å². The number of carbonyl (C=O) groups is 2. The van der Waals surface area contributed by atoms with Crippen molar-refractivity contribution in [3.8, 4) is 0 Å². The lowest BCUT2D eigenvalue weighted by Crippen LogP contribution is -2.10. The van der Waals surface area contributed by atoms with E-state index in [2.05, 4.69) is 0 Å². The van der Waals surface area contributed by atoms with Crippen LogP contribution in [0, 0.1) is 0 Å². The summed E-state index contributed by atoms with van der Waals surface area (Å²) >= 11 is 0. The molecule has 4 nitrogen and oxygen atoms in total. The fourth-order valence-electron chi connectivity index (χ4n) is 1.11. The first kappa shape index (κ1) is 12.0. The van der Waals surface area contributed by atoms with Gasteiger partial charge in [0.2, 0.25) is 5.91 Å². The summed E-state index contributed by atoms with van der Waals surface area (Å²) in [5.74, 6) is -0.859. The summed E-state index contributed by atoms with van der Waals surface area (Å²) in [5, 5.41) is 0. The van der Waals surface area contributed by atoms with Crippen LogP contribution >= 0.6 is 0 Å². The molecule has 1 rings (SSSR count). The number of hydrogen-bond acceptors (Lipinski definition) is 3. The Morgan fingerprint density at radius 1 is 1.31 bits per heavy atom. The molecule has 84 valence electrons. The molecule has 0 spiro atoms. The average molecular weight is 219 g/mol. The third-order valence-corrected chi connectivity index (χ3v) is 1.89. The van der Waals surface area contributed by atoms with E-state index in [4.69, 9.17) is 10.5 Å². The van der Waals surface area contributed by atoms with Gasteiger partial charge in [0.15, 0.2) is 0 Å². The van der Waals surface area contributed by atoms with Crippen LogP contribution in [0.25, 0.3) is 6.08 Å². The number of esters is 1. The van der Waals surface area contributed by atoms with Crippen molar-refractivity contribution in [2.45, 2.75) is 6.92 Å². The number of ether oxygens (including phenoxy) is 1. The minimum absolute atomic E-state index is 0.351. The maximum atomic E-state index is 11.0. The highest BCUT2D eigenvalue weighted by Crippen LogP contribution is 2.05. The van der Waals surface area contributed by atoms with Crippen LogP contribution < -0.4 is 5.73 Å². The zero-order chi connectivity index (χ0) is 12.0. The Morgan fingerprint density at radius 3 is 2.44 bits per heavy atom. The first-order valence-electron chi connectivity index (χ1n) is 4.88. The van der Waals surface area contributed by atoms with Gasteiger partial charge in [0.1, 0.15) is 0 Å². The smallest absolute Gasteiger partial charge is 0.330 e. The molecule has 0 saturated carbocycles. The van der Waals surface area contributed by atoms with Gasteiger partial charge in [0.25, 0.3) is 0 Å². The van der Waals surface area contributed by atoms with E-state index < -0.39 is 5.91 Å². The lowest BCUT2D eigenvalue weighted by molar-refractivity contribution is -0.137. The summed E-state index contributed by atoms with van der Waals surface area (Å²) in [6, 6.07) is 6.62. The molecule has 0 radical (unpaired) electrons. The third-order valence-electron chi connectivity index (χ3n) is 1.89. The molecule has 1 aromatic rings. The van der Waals surface area contributed by atoms with Crippen LogP contribution in [0.1, 0.15) is 22.8 Å². The second-order valence-corrected chi connectivity index (χ2v) is 3.07. The Morgan fingerprint density at radius 2 is 1.94 bits per heavy atom. The molecule has 0 aliphatic heterocycles. The van der Waals surface area contributed by atoms with Crippen molar-refractivity contribution in [2.24, 2.45) is 5.73 Å². The van der Waals surface area contributed by atoms with Crippen LogP contribution in [0.2, 0.25) is 0 Å². The first-order valence-corrected chi connectivity index (χ1v) is 4.88. The van der Waals surface area contributed by atoms with Gasteiger partial charge in [-0.05, 0) is 30.7 Å². The average Bonchev–Trinajstić information content (AvgIpc) is 2.27. The Bertz CT molecular complexity index is 407. The highest BCUT2D eigenvalue weighted by Gasteiger charge is 1.98. The maximum absolute atomic E-state index is 11.0. The topological polar surface area (TPSA) is 69.4 Å². The van der Waals surface area contributed by atoms with Gasteiger partial charge in [-0.15, -0.1) is 0 Å². The van der Waals surface area contributed by atoms with E-state index in [0.29, 0.717) is 12.2 Å². The number of primary amides is 1. The molecule has 0 heterocycles. The van der Waals surface area contributed by atoms with E-state index >= 15 is 0 Å². The molecule has 0 aliphatic carbocycles. The van der Waals surface area contributed by atoms with Crippen LogP contribution in [0.5, 0.6) is 0 Å². The van der Waals surface area contributed by atoms with Crippen molar-refractivity contribution in [3.05, 3.63) is 41.5 Å². The molecule has 0 atom stereocenters. The van der Waals surface area contributed by atoms with E-state index in [9.17, 15) is 9.59 Å². The van der Waals surface area contributed by atoms with Gasteiger partial charge in [-0.3, -0.25) is 4.79 Å². The number of carbonyl (C=O) groups excluding carboxylic acids is 2. The van der Waals surface area contributed by atoms with Crippen molar-refractivity contribution in [3.63, 3.8) is 0 Å². The molecule has 2 N–H and O–H groups in total. The van der Waals surface area contributed by atoms with Crippen LogP contribution in [0.3, 0.4) is 0 Å². The van der Waals surface area contributed by atoms with E-state index in [-0.39, 0.29) is 5.97 Å². The lowest BCUT2D eigenvalue weighted by atomic mass is 10.1. The largest absolute Gasteiger partial charge is 0.463 e. The SMILES string of the molecule is CCOC(=O)C=Cc1ccc(C(N)=O)cc1. The van der Waals surface area contributed by atoms with Gasteiger partial charge < -0.3 is 10.5 Å². The van der Waals surface area contributed by atoms with Gasteiger partial charge in [-0.1, -0.05) is 12.1 Å². The van der Waals surface area contributed by atoms with Crippen LogP contribution in [-0.2, 0) is 9.53 Å². The number of rotatable bonds is 4. The second-order valence-electron chi connectivity index (χ2n) is 3.07. The molecule has 16 heavy (non-hydrogen) atoms. The Balaban J connectivity index is 2.68. The number of amides is 1. The molecule has 0 unspecified atom stereocenters. The Kier molecular flexibility index (Phi) is 4.27. The van der Waals surface area contributed by atoms with Crippen molar-refractivity contribution < 1.29 is 14.3 Å². The zero-order valence-electron chi connectivity index (χ0n) is 8.97. The molecule has 1 aromatic carbocycles. The van der Waals surface area contributed by atoms with Crippen molar-refractivity contribution in [2.75, 3.05) is 6.61 Å². The van der Waals surface area contributed by atoms with E-state index in [0.717, 1.165) is 5.56 Å². The van der Waals surface area contributed by atoms with E-state index in [1.807, 2.05) is 0 Å². The lowest BCUT2D eigenvalue weighted by Gasteiger charge is -1.97. The van der Waals surface area contributed by atoms with Crippen LogP contribution in [0.4, 0.5) is 0 Å². The number of hydrogen-bond donors (Lipinski definition) is 1. The van der Waals surface area contributed by atoms with Gasteiger partial charge >= 0.3 is 5.97 Å². The Labute approximate surface area is 93.7 Å². The molecule has 0 saturated heterocycles. The highest BCUT2D eigenvalue weighted by molar-refractivity contribution is 5.93. The molecular weight excluding hydrogens is 206 g/mol. The molecule has 0 aromatic heterocycles. The molecule has 0 aliphatic rings. The van der Waals surface area contributed by atoms with Crippen molar-refractivity contribution in [1.82, 2.24) is 0 Å². The molecule has 0 fully saturated rings. The van der Waals surface area contributed by atoms with Gasteiger partial charge in [-0.25, -0.2) is 4.79 Å². The van der Waals surface area contributed by atoms with Gasteiger partial charge in [0, 0.05) is 11.6 Å². The van der Waals surface area contributed by atoms with Gasteiger partial charge in [-0.2, -0.15) is 0 Å². The third kappa shape index (κ3) is 3.57.